The lowest BCUT2D eigenvalue weighted by Gasteiger charge is -2.26. The molecule has 0 saturated carbocycles. The number of nitrogens with one attached hydrogen (secondary N) is 1. The Morgan fingerprint density at radius 1 is 1.45 bits per heavy atom. The van der Waals surface area contributed by atoms with Crippen LogP contribution in [0.15, 0.2) is 22.7 Å². The van der Waals surface area contributed by atoms with Crippen LogP contribution in [0.1, 0.15) is 38.8 Å². The van der Waals surface area contributed by atoms with Crippen molar-refractivity contribution in [2.24, 2.45) is 5.92 Å². The summed E-state index contributed by atoms with van der Waals surface area (Å²) >= 11 is 3.23. The summed E-state index contributed by atoms with van der Waals surface area (Å²) in [5.74, 6) is -0.501. The van der Waals surface area contributed by atoms with Gasteiger partial charge in [0.25, 0.3) is 0 Å². The second kappa shape index (κ2) is 7.74. The van der Waals surface area contributed by atoms with Crippen LogP contribution in [0.2, 0.25) is 0 Å². The highest BCUT2D eigenvalue weighted by molar-refractivity contribution is 9.10. The van der Waals surface area contributed by atoms with Crippen LogP contribution in [0.4, 0.5) is 4.39 Å². The molecule has 0 fully saturated rings. The summed E-state index contributed by atoms with van der Waals surface area (Å²) < 4.78 is 19.4. The minimum absolute atomic E-state index is 0.114. The van der Waals surface area contributed by atoms with E-state index in [9.17, 15) is 9.18 Å². The van der Waals surface area contributed by atoms with Crippen LogP contribution in [0.3, 0.4) is 0 Å². The molecule has 20 heavy (non-hydrogen) atoms. The number of hydrogen-bond donors (Lipinski definition) is 1. The predicted molar refractivity (Wildman–Crippen MR) is 80.9 cm³/mol. The summed E-state index contributed by atoms with van der Waals surface area (Å²) in [5.41, 5.74) is 0.533. The molecule has 0 heterocycles. The standard InChI is InChI=1S/C15H21BrFNO2/c1-5-9(2)14(15(19)20-4)18-10(3)12-7-6-11(16)8-13(12)17/h6-10,14,18H,5H2,1-4H3. The maximum Gasteiger partial charge on any atom is 0.323 e. The number of carbonyl (C=O) groups is 1. The molecule has 0 aliphatic rings. The lowest BCUT2D eigenvalue weighted by Crippen LogP contribution is -2.43. The number of halogens is 2. The Hall–Kier alpha value is -0.940. The van der Waals surface area contributed by atoms with Gasteiger partial charge in [0.1, 0.15) is 11.9 Å². The van der Waals surface area contributed by atoms with Gasteiger partial charge in [-0.1, -0.05) is 42.3 Å². The molecule has 1 aromatic rings. The Kier molecular flexibility index (Phi) is 6.62. The van der Waals surface area contributed by atoms with Crippen molar-refractivity contribution in [2.45, 2.75) is 39.3 Å². The molecule has 0 aliphatic carbocycles. The highest BCUT2D eigenvalue weighted by atomic mass is 79.9. The molecule has 3 nitrogen and oxygen atoms in total. The maximum absolute atomic E-state index is 13.9. The first-order valence-corrected chi connectivity index (χ1v) is 7.48. The van der Waals surface area contributed by atoms with E-state index in [1.54, 1.807) is 12.1 Å². The lowest BCUT2D eigenvalue weighted by atomic mass is 9.97. The normalized spacial score (nSPS) is 15.5. The monoisotopic (exact) mass is 345 g/mol. The molecule has 0 saturated heterocycles. The molecule has 0 spiro atoms. The summed E-state index contributed by atoms with van der Waals surface area (Å²) in [6.07, 6.45) is 0.836. The van der Waals surface area contributed by atoms with E-state index in [2.05, 4.69) is 21.2 Å². The Balaban J connectivity index is 2.90. The van der Waals surface area contributed by atoms with Crippen LogP contribution in [-0.4, -0.2) is 19.1 Å². The van der Waals surface area contributed by atoms with E-state index in [4.69, 9.17) is 4.74 Å². The first-order valence-electron chi connectivity index (χ1n) is 6.69. The number of esters is 1. The van der Waals surface area contributed by atoms with Crippen molar-refractivity contribution in [1.82, 2.24) is 5.32 Å². The second-order valence-corrected chi connectivity index (χ2v) is 5.86. The largest absolute Gasteiger partial charge is 0.468 e. The van der Waals surface area contributed by atoms with Crippen molar-refractivity contribution in [1.29, 1.82) is 0 Å². The van der Waals surface area contributed by atoms with Gasteiger partial charge in [0.2, 0.25) is 0 Å². The first kappa shape index (κ1) is 17.1. The van der Waals surface area contributed by atoms with E-state index in [1.807, 2.05) is 20.8 Å². The quantitative estimate of drug-likeness (QED) is 0.796. The van der Waals surface area contributed by atoms with Gasteiger partial charge in [0.15, 0.2) is 0 Å². The van der Waals surface area contributed by atoms with E-state index >= 15 is 0 Å². The van der Waals surface area contributed by atoms with Gasteiger partial charge in [-0.2, -0.15) is 0 Å². The summed E-state index contributed by atoms with van der Waals surface area (Å²) in [7, 11) is 1.37. The lowest BCUT2D eigenvalue weighted by molar-refractivity contribution is -0.144. The van der Waals surface area contributed by atoms with E-state index in [0.29, 0.717) is 10.0 Å². The molecule has 1 N–H and O–H groups in total. The van der Waals surface area contributed by atoms with Gasteiger partial charge in [-0.25, -0.2) is 4.39 Å². The fourth-order valence-electron chi connectivity index (χ4n) is 2.04. The van der Waals surface area contributed by atoms with Gasteiger partial charge < -0.3 is 4.74 Å². The fraction of sp³-hybridized carbons (Fsp3) is 0.533. The van der Waals surface area contributed by atoms with E-state index < -0.39 is 6.04 Å². The average Bonchev–Trinajstić information content (AvgIpc) is 2.42. The maximum atomic E-state index is 13.9. The smallest absolute Gasteiger partial charge is 0.323 e. The number of ether oxygens (including phenoxy) is 1. The van der Waals surface area contributed by atoms with E-state index in [-0.39, 0.29) is 23.7 Å². The number of hydrogen-bond acceptors (Lipinski definition) is 3. The van der Waals surface area contributed by atoms with Gasteiger partial charge in [-0.3, -0.25) is 10.1 Å². The molecular weight excluding hydrogens is 325 g/mol. The van der Waals surface area contributed by atoms with Crippen LogP contribution < -0.4 is 5.32 Å². The van der Waals surface area contributed by atoms with Crippen molar-refractivity contribution < 1.29 is 13.9 Å². The third-order valence-corrected chi connectivity index (χ3v) is 4.02. The molecule has 0 bridgehead atoms. The van der Waals surface area contributed by atoms with Crippen LogP contribution in [-0.2, 0) is 9.53 Å². The Bertz CT molecular complexity index is 467. The van der Waals surface area contributed by atoms with Gasteiger partial charge in [0.05, 0.1) is 7.11 Å². The zero-order chi connectivity index (χ0) is 15.3. The summed E-state index contributed by atoms with van der Waals surface area (Å²) in [6, 6.07) is 4.20. The molecule has 1 aromatic carbocycles. The van der Waals surface area contributed by atoms with Crippen molar-refractivity contribution in [3.63, 3.8) is 0 Å². The first-order chi connectivity index (χ1) is 9.40. The van der Waals surface area contributed by atoms with Crippen LogP contribution in [0.25, 0.3) is 0 Å². The Morgan fingerprint density at radius 3 is 2.60 bits per heavy atom. The van der Waals surface area contributed by atoms with Crippen LogP contribution in [0, 0.1) is 11.7 Å². The number of carbonyl (C=O) groups excluding carboxylic acids is 1. The molecule has 0 radical (unpaired) electrons. The van der Waals surface area contributed by atoms with Gasteiger partial charge in [-0.05, 0) is 25.0 Å². The molecular formula is C15H21BrFNO2. The second-order valence-electron chi connectivity index (χ2n) is 4.94. The van der Waals surface area contributed by atoms with E-state index in [1.165, 1.54) is 13.2 Å². The zero-order valence-corrected chi connectivity index (χ0v) is 13.8. The number of benzene rings is 1. The molecule has 1 rings (SSSR count). The van der Waals surface area contributed by atoms with Gasteiger partial charge >= 0.3 is 5.97 Å². The van der Waals surface area contributed by atoms with E-state index in [0.717, 1.165) is 6.42 Å². The van der Waals surface area contributed by atoms with Gasteiger partial charge in [0, 0.05) is 16.1 Å². The highest BCUT2D eigenvalue weighted by Crippen LogP contribution is 2.22. The molecule has 3 atom stereocenters. The molecule has 5 heteroatoms. The number of methoxy groups -OCH3 is 1. The average molecular weight is 346 g/mol. The zero-order valence-electron chi connectivity index (χ0n) is 12.2. The van der Waals surface area contributed by atoms with Crippen molar-refractivity contribution in [3.05, 3.63) is 34.1 Å². The molecule has 0 aliphatic heterocycles. The van der Waals surface area contributed by atoms with Crippen LogP contribution >= 0.6 is 15.9 Å². The summed E-state index contributed by atoms with van der Waals surface area (Å²) in [5, 5.41) is 3.17. The van der Waals surface area contributed by atoms with Crippen LogP contribution in [0.5, 0.6) is 0 Å². The minimum Gasteiger partial charge on any atom is -0.468 e. The highest BCUT2D eigenvalue weighted by Gasteiger charge is 2.27. The molecule has 0 amide bonds. The third kappa shape index (κ3) is 4.28. The molecule has 0 aromatic heterocycles. The fourth-order valence-corrected chi connectivity index (χ4v) is 2.37. The molecule has 3 unspecified atom stereocenters. The summed E-state index contributed by atoms with van der Waals surface area (Å²) in [4.78, 5) is 11.8. The SMILES string of the molecule is CCC(C)C(NC(C)c1ccc(Br)cc1F)C(=O)OC. The summed E-state index contributed by atoms with van der Waals surface area (Å²) in [6.45, 7) is 5.82. The van der Waals surface area contributed by atoms with Gasteiger partial charge in [-0.15, -0.1) is 0 Å². The number of rotatable bonds is 6. The molecule has 112 valence electrons. The minimum atomic E-state index is -0.442. The van der Waals surface area contributed by atoms with Crippen molar-refractivity contribution in [3.8, 4) is 0 Å². The van der Waals surface area contributed by atoms with Crippen molar-refractivity contribution in [2.75, 3.05) is 7.11 Å². The van der Waals surface area contributed by atoms with Crippen molar-refractivity contribution >= 4 is 21.9 Å². The topological polar surface area (TPSA) is 38.3 Å². The predicted octanol–water partition coefficient (Wildman–Crippen LogP) is 3.83. The third-order valence-electron chi connectivity index (χ3n) is 3.53. The Labute approximate surface area is 128 Å². The Morgan fingerprint density at radius 2 is 2.10 bits per heavy atom.